The molecule has 0 saturated heterocycles. The Labute approximate surface area is 172 Å². The molecule has 2 rings (SSSR count). The number of Topliss-reactive ketones (excluding diaryl/α,β-unsaturated/α-hetero) is 1. The van der Waals surface area contributed by atoms with Gasteiger partial charge in [0.25, 0.3) is 0 Å². The van der Waals surface area contributed by atoms with E-state index in [-0.39, 0.29) is 35.0 Å². The summed E-state index contributed by atoms with van der Waals surface area (Å²) in [7, 11) is 2.55. The summed E-state index contributed by atoms with van der Waals surface area (Å²) in [6.45, 7) is -0.725. The van der Waals surface area contributed by atoms with E-state index in [1.165, 1.54) is 20.3 Å². The number of rotatable bonds is 10. The third-order valence-electron chi connectivity index (χ3n) is 4.69. The average molecular weight is 420 g/mol. The molecule has 0 amide bonds. The molecule has 0 aliphatic rings. The fourth-order valence-electron chi connectivity index (χ4n) is 3.13. The van der Waals surface area contributed by atoms with Crippen LogP contribution in [0.1, 0.15) is 44.2 Å². The van der Waals surface area contributed by atoms with Gasteiger partial charge in [-0.1, -0.05) is 6.07 Å². The van der Waals surface area contributed by atoms with Gasteiger partial charge >= 0.3 is 5.97 Å². The number of ether oxygens (including phenoxy) is 2. The lowest BCUT2D eigenvalue weighted by Crippen LogP contribution is -2.18. The van der Waals surface area contributed by atoms with E-state index in [2.05, 4.69) is 0 Å². The Morgan fingerprint density at radius 1 is 0.967 bits per heavy atom. The minimum atomic E-state index is -1.46. The van der Waals surface area contributed by atoms with Crippen LogP contribution in [0.4, 0.5) is 0 Å². The van der Waals surface area contributed by atoms with Crippen molar-refractivity contribution in [2.24, 2.45) is 0 Å². The molecule has 0 radical (unpaired) electrons. The second-order valence-corrected chi connectivity index (χ2v) is 6.54. The molecule has 0 aromatic heterocycles. The van der Waals surface area contributed by atoms with Gasteiger partial charge in [-0.25, -0.2) is 4.79 Å². The van der Waals surface area contributed by atoms with Gasteiger partial charge < -0.3 is 35.0 Å². The number of phenolic OH excluding ortho intramolecular Hbond substituents is 1. The van der Waals surface area contributed by atoms with Crippen LogP contribution in [0.3, 0.4) is 0 Å². The molecule has 0 fully saturated rings. The molecule has 0 aliphatic heterocycles. The number of aliphatic hydroxyl groups is 2. The third-order valence-corrected chi connectivity index (χ3v) is 4.69. The maximum absolute atomic E-state index is 13.1. The van der Waals surface area contributed by atoms with Crippen LogP contribution < -0.4 is 9.47 Å². The highest BCUT2D eigenvalue weighted by Crippen LogP contribution is 2.39. The molecule has 1 atom stereocenters. The van der Waals surface area contributed by atoms with Crippen LogP contribution in [0, 0.1) is 0 Å². The zero-order valence-electron chi connectivity index (χ0n) is 16.6. The molecule has 0 heterocycles. The number of hydrogen-bond donors (Lipinski definition) is 5. The number of aryl methyl sites for hydroxylation is 1. The van der Waals surface area contributed by atoms with Gasteiger partial charge in [-0.15, -0.1) is 0 Å². The number of aromatic carboxylic acids is 1. The van der Waals surface area contributed by atoms with Crippen molar-refractivity contribution < 1.29 is 44.6 Å². The molecular weight excluding hydrogens is 396 g/mol. The molecule has 1 unspecified atom stereocenters. The number of carbonyl (C=O) groups excluding carboxylic acids is 1. The highest BCUT2D eigenvalue weighted by atomic mass is 16.5. The normalized spacial score (nSPS) is 11.7. The molecule has 9 nitrogen and oxygen atoms in total. The smallest absolute Gasteiger partial charge is 0.339 e. The average Bonchev–Trinajstić information content (AvgIpc) is 2.74. The first-order valence-corrected chi connectivity index (χ1v) is 9.08. The van der Waals surface area contributed by atoms with Gasteiger partial charge in [0.15, 0.2) is 28.8 Å². The first kappa shape index (κ1) is 23.0. The van der Waals surface area contributed by atoms with Gasteiger partial charge in [0, 0.05) is 17.7 Å². The molecule has 9 heteroatoms. The van der Waals surface area contributed by atoms with Crippen LogP contribution >= 0.6 is 0 Å². The molecule has 0 bridgehead atoms. The molecule has 0 spiro atoms. The van der Waals surface area contributed by atoms with Crippen LogP contribution in [0.2, 0.25) is 0 Å². The first-order valence-electron chi connectivity index (χ1n) is 9.08. The molecule has 2 aromatic carbocycles. The maximum Gasteiger partial charge on any atom is 0.339 e. The number of aromatic hydroxyl groups is 2. The quantitative estimate of drug-likeness (QED) is 0.361. The predicted octanol–water partition coefficient (Wildman–Crippen LogP) is 1.70. The van der Waals surface area contributed by atoms with Crippen molar-refractivity contribution >= 4 is 11.8 Å². The lowest BCUT2D eigenvalue weighted by Gasteiger charge is -2.19. The van der Waals surface area contributed by atoms with E-state index >= 15 is 0 Å². The van der Waals surface area contributed by atoms with Gasteiger partial charge in [-0.05, 0) is 36.6 Å². The second kappa shape index (κ2) is 9.95. The number of carboxylic acids is 1. The Kier molecular flexibility index (Phi) is 7.62. The lowest BCUT2D eigenvalue weighted by molar-refractivity contribution is 0.0693. The number of hydrogen-bond acceptors (Lipinski definition) is 8. The highest BCUT2D eigenvalue weighted by molar-refractivity contribution is 6.04. The summed E-state index contributed by atoms with van der Waals surface area (Å²) in [5, 5.41) is 48.7. The summed E-state index contributed by atoms with van der Waals surface area (Å²) in [5.41, 5.74) is 0.112. The van der Waals surface area contributed by atoms with E-state index in [4.69, 9.17) is 14.6 Å². The van der Waals surface area contributed by atoms with E-state index in [1.807, 2.05) is 0 Å². The topological polar surface area (TPSA) is 154 Å². The minimum absolute atomic E-state index is 0.0495. The molecule has 2 aromatic rings. The first-order chi connectivity index (χ1) is 14.3. The van der Waals surface area contributed by atoms with Crippen LogP contribution in [0.5, 0.6) is 23.0 Å². The summed E-state index contributed by atoms with van der Waals surface area (Å²) >= 11 is 0. The molecular formula is C21H24O9. The number of ketones is 1. The lowest BCUT2D eigenvalue weighted by atomic mass is 9.88. The monoisotopic (exact) mass is 420 g/mol. The molecule has 0 aliphatic carbocycles. The highest BCUT2D eigenvalue weighted by Gasteiger charge is 2.29. The maximum atomic E-state index is 13.1. The number of methoxy groups -OCH3 is 2. The SMILES string of the molecule is COc1cc(C(=O)C(CO)c2cc(CCCO)cc(OC)c2O)cc(C(=O)O)c1O. The van der Waals surface area contributed by atoms with Crippen LogP contribution in [-0.2, 0) is 6.42 Å². The minimum Gasteiger partial charge on any atom is -0.504 e. The summed E-state index contributed by atoms with van der Waals surface area (Å²) in [6.07, 6.45) is 0.894. The van der Waals surface area contributed by atoms with Crippen molar-refractivity contribution in [3.05, 3.63) is 46.5 Å². The largest absolute Gasteiger partial charge is 0.504 e. The van der Waals surface area contributed by atoms with E-state index < -0.39 is 35.6 Å². The summed E-state index contributed by atoms with van der Waals surface area (Å²) in [5.74, 6) is -4.45. The van der Waals surface area contributed by atoms with Gasteiger partial charge in [0.1, 0.15) is 5.56 Å². The van der Waals surface area contributed by atoms with Crippen molar-refractivity contribution in [1.82, 2.24) is 0 Å². The third kappa shape index (κ3) is 4.64. The zero-order valence-corrected chi connectivity index (χ0v) is 16.6. The Morgan fingerprint density at radius 2 is 1.60 bits per heavy atom. The fraction of sp³-hybridized carbons (Fsp3) is 0.333. The number of benzene rings is 2. The van der Waals surface area contributed by atoms with Crippen molar-refractivity contribution in [2.75, 3.05) is 27.4 Å². The predicted molar refractivity (Wildman–Crippen MR) is 106 cm³/mol. The number of aliphatic hydroxyl groups excluding tert-OH is 2. The standard InChI is InChI=1S/C21H24O9/c1-29-16-7-11(4-3-5-22)6-13(19(16)25)15(10-23)18(24)12-8-14(21(27)28)20(26)17(9-12)30-2/h6-9,15,22-23,25-26H,3-5,10H2,1-2H3,(H,27,28). The summed E-state index contributed by atoms with van der Waals surface area (Å²) in [6, 6.07) is 5.24. The summed E-state index contributed by atoms with van der Waals surface area (Å²) < 4.78 is 10.1. The Hall–Kier alpha value is -3.30. The van der Waals surface area contributed by atoms with E-state index in [0.717, 1.165) is 12.1 Å². The van der Waals surface area contributed by atoms with E-state index in [1.54, 1.807) is 6.07 Å². The van der Waals surface area contributed by atoms with Gasteiger partial charge in [-0.2, -0.15) is 0 Å². The van der Waals surface area contributed by atoms with E-state index in [9.17, 15) is 30.0 Å². The number of carbonyl (C=O) groups is 2. The van der Waals surface area contributed by atoms with Gasteiger partial charge in [0.2, 0.25) is 0 Å². The summed E-state index contributed by atoms with van der Waals surface area (Å²) in [4.78, 5) is 24.5. The van der Waals surface area contributed by atoms with Crippen LogP contribution in [-0.4, -0.2) is 64.7 Å². The second-order valence-electron chi connectivity index (χ2n) is 6.54. The number of phenols is 2. The van der Waals surface area contributed by atoms with Crippen molar-refractivity contribution in [2.45, 2.75) is 18.8 Å². The molecule has 0 saturated carbocycles. The zero-order chi connectivity index (χ0) is 22.4. The van der Waals surface area contributed by atoms with E-state index in [0.29, 0.717) is 18.4 Å². The molecule has 5 N–H and O–H groups in total. The van der Waals surface area contributed by atoms with Gasteiger partial charge in [-0.3, -0.25) is 4.79 Å². The van der Waals surface area contributed by atoms with Crippen molar-refractivity contribution in [3.8, 4) is 23.0 Å². The molecule has 162 valence electrons. The van der Waals surface area contributed by atoms with Crippen LogP contribution in [0.15, 0.2) is 24.3 Å². The van der Waals surface area contributed by atoms with Crippen LogP contribution in [0.25, 0.3) is 0 Å². The Morgan fingerprint density at radius 3 is 2.13 bits per heavy atom. The van der Waals surface area contributed by atoms with Crippen molar-refractivity contribution in [3.63, 3.8) is 0 Å². The molecule has 30 heavy (non-hydrogen) atoms. The fourth-order valence-corrected chi connectivity index (χ4v) is 3.13. The Balaban J connectivity index is 2.58. The Bertz CT molecular complexity index is 937. The number of carboxylic acid groups (broad SMARTS) is 1. The van der Waals surface area contributed by atoms with Gasteiger partial charge in [0.05, 0.1) is 26.7 Å². The van der Waals surface area contributed by atoms with Crippen molar-refractivity contribution in [1.29, 1.82) is 0 Å².